The molecule has 0 spiro atoms. The minimum absolute atomic E-state index is 0.0607. The maximum absolute atomic E-state index is 12.9. The van der Waals surface area contributed by atoms with Crippen molar-refractivity contribution in [3.8, 4) is 5.95 Å². The Morgan fingerprint density at radius 1 is 1.07 bits per heavy atom. The number of aryl methyl sites for hydroxylation is 2. The largest absolute Gasteiger partial charge is 0.417 e. The maximum atomic E-state index is 12.9. The van der Waals surface area contributed by atoms with Gasteiger partial charge in [-0.1, -0.05) is 11.6 Å². The summed E-state index contributed by atoms with van der Waals surface area (Å²) in [7, 11) is 0. The van der Waals surface area contributed by atoms with Crippen LogP contribution in [0.15, 0.2) is 36.7 Å². The lowest BCUT2D eigenvalue weighted by Gasteiger charge is -2.12. The van der Waals surface area contributed by atoms with E-state index in [0.29, 0.717) is 5.95 Å². The predicted octanol–water partition coefficient (Wildman–Crippen LogP) is 4.60. The van der Waals surface area contributed by atoms with E-state index in [1.807, 2.05) is 19.9 Å². The second-order valence-corrected chi connectivity index (χ2v) is 6.29. The minimum Gasteiger partial charge on any atom is -0.308 e. The van der Waals surface area contributed by atoms with E-state index in [0.717, 1.165) is 23.5 Å². The lowest BCUT2D eigenvalue weighted by molar-refractivity contribution is -0.137. The monoisotopic (exact) mass is 410 g/mol. The van der Waals surface area contributed by atoms with Crippen molar-refractivity contribution in [3.05, 3.63) is 58.6 Å². The van der Waals surface area contributed by atoms with Crippen molar-refractivity contribution < 1.29 is 18.0 Å². The van der Waals surface area contributed by atoms with E-state index in [-0.39, 0.29) is 11.4 Å². The normalized spacial score (nSPS) is 11.4. The molecule has 146 valence electrons. The zero-order valence-electron chi connectivity index (χ0n) is 14.7. The molecule has 0 aliphatic rings. The van der Waals surface area contributed by atoms with Crippen molar-refractivity contribution in [2.45, 2.75) is 20.0 Å². The average molecular weight is 411 g/mol. The maximum Gasteiger partial charge on any atom is 0.417 e. The highest BCUT2D eigenvalue weighted by Crippen LogP contribution is 2.36. The molecule has 0 aliphatic carbocycles. The third-order valence-corrected chi connectivity index (χ3v) is 3.95. The Hall–Kier alpha value is -3.14. The van der Waals surface area contributed by atoms with Gasteiger partial charge in [-0.25, -0.2) is 19.4 Å². The number of rotatable bonds is 3. The van der Waals surface area contributed by atoms with E-state index < -0.39 is 22.8 Å². The van der Waals surface area contributed by atoms with Crippen LogP contribution in [0.25, 0.3) is 5.95 Å². The SMILES string of the molecule is Cc1cc(C)n(-c2ncc(NC(=O)Nc3ccc(Cl)c(C(F)(F)F)c3)cn2)n1. The molecule has 0 bridgehead atoms. The van der Waals surface area contributed by atoms with Crippen molar-refractivity contribution in [2.75, 3.05) is 10.6 Å². The van der Waals surface area contributed by atoms with E-state index in [1.165, 1.54) is 18.5 Å². The van der Waals surface area contributed by atoms with E-state index in [1.54, 1.807) is 4.68 Å². The topological polar surface area (TPSA) is 84.7 Å². The molecule has 0 atom stereocenters. The van der Waals surface area contributed by atoms with Gasteiger partial charge in [-0.05, 0) is 38.1 Å². The molecule has 0 saturated heterocycles. The first-order valence-corrected chi connectivity index (χ1v) is 8.32. The molecular weight excluding hydrogens is 397 g/mol. The molecule has 0 unspecified atom stereocenters. The first kappa shape index (κ1) is 19.6. The predicted molar refractivity (Wildman–Crippen MR) is 97.7 cm³/mol. The van der Waals surface area contributed by atoms with Gasteiger partial charge < -0.3 is 10.6 Å². The Labute approximate surface area is 162 Å². The number of anilines is 2. The van der Waals surface area contributed by atoms with Crippen molar-refractivity contribution in [1.29, 1.82) is 0 Å². The highest BCUT2D eigenvalue weighted by Gasteiger charge is 2.33. The fourth-order valence-corrected chi connectivity index (χ4v) is 2.66. The van der Waals surface area contributed by atoms with Gasteiger partial charge in [0, 0.05) is 11.4 Å². The summed E-state index contributed by atoms with van der Waals surface area (Å²) >= 11 is 5.55. The molecule has 7 nitrogen and oxygen atoms in total. The number of hydrogen-bond acceptors (Lipinski definition) is 4. The van der Waals surface area contributed by atoms with Crippen molar-refractivity contribution >= 4 is 29.0 Å². The molecular formula is C17H14ClF3N6O. The van der Waals surface area contributed by atoms with Crippen LogP contribution in [0.3, 0.4) is 0 Å². The second kappa shape index (κ2) is 7.47. The van der Waals surface area contributed by atoms with Gasteiger partial charge in [-0.2, -0.15) is 18.3 Å². The standard InChI is InChI=1S/C17H14ClF3N6O/c1-9-5-10(2)27(26-9)15-22-7-12(8-23-15)25-16(28)24-11-3-4-14(18)13(6-11)17(19,20)21/h3-8H,1-2H3,(H2,24,25,28). The third-order valence-electron chi connectivity index (χ3n) is 3.62. The van der Waals surface area contributed by atoms with Crippen molar-refractivity contribution in [3.63, 3.8) is 0 Å². The van der Waals surface area contributed by atoms with Crippen molar-refractivity contribution in [1.82, 2.24) is 19.7 Å². The number of aromatic nitrogens is 4. The number of hydrogen-bond donors (Lipinski definition) is 2. The van der Waals surface area contributed by atoms with Gasteiger partial charge in [0.15, 0.2) is 0 Å². The Morgan fingerprint density at radius 2 is 1.71 bits per heavy atom. The van der Waals surface area contributed by atoms with Gasteiger partial charge in [0.05, 0.1) is 34.4 Å². The smallest absolute Gasteiger partial charge is 0.308 e. The van der Waals surface area contributed by atoms with Crippen LogP contribution in [0, 0.1) is 13.8 Å². The highest BCUT2D eigenvalue weighted by molar-refractivity contribution is 6.31. The number of alkyl halides is 3. The number of halogens is 4. The van der Waals surface area contributed by atoms with Gasteiger partial charge in [0.2, 0.25) is 0 Å². The Bertz CT molecular complexity index is 1020. The van der Waals surface area contributed by atoms with E-state index >= 15 is 0 Å². The van der Waals surface area contributed by atoms with Gasteiger partial charge in [0.25, 0.3) is 5.95 Å². The van der Waals surface area contributed by atoms with Crippen LogP contribution >= 0.6 is 11.6 Å². The van der Waals surface area contributed by atoms with Crippen LogP contribution in [-0.4, -0.2) is 25.8 Å². The van der Waals surface area contributed by atoms with Crippen LogP contribution in [0.2, 0.25) is 5.02 Å². The molecule has 0 fully saturated rings. The molecule has 2 heterocycles. The zero-order valence-corrected chi connectivity index (χ0v) is 15.4. The van der Waals surface area contributed by atoms with Crippen LogP contribution in [0.1, 0.15) is 17.0 Å². The molecule has 11 heteroatoms. The number of nitrogens with one attached hydrogen (secondary N) is 2. The summed E-state index contributed by atoms with van der Waals surface area (Å²) in [6, 6.07) is 4.19. The van der Waals surface area contributed by atoms with Crippen molar-refractivity contribution in [2.24, 2.45) is 0 Å². The lowest BCUT2D eigenvalue weighted by Crippen LogP contribution is -2.20. The first-order chi connectivity index (χ1) is 13.1. The van der Waals surface area contributed by atoms with Crippen LogP contribution in [-0.2, 0) is 6.18 Å². The fraction of sp³-hybridized carbons (Fsp3) is 0.176. The number of amides is 2. The molecule has 2 amide bonds. The number of nitrogens with zero attached hydrogens (tertiary/aromatic N) is 4. The molecule has 28 heavy (non-hydrogen) atoms. The van der Waals surface area contributed by atoms with Gasteiger partial charge in [-0.15, -0.1) is 0 Å². The quantitative estimate of drug-likeness (QED) is 0.661. The summed E-state index contributed by atoms with van der Waals surface area (Å²) in [4.78, 5) is 20.3. The Morgan fingerprint density at radius 3 is 2.29 bits per heavy atom. The van der Waals surface area contributed by atoms with Gasteiger partial charge >= 0.3 is 12.2 Å². The number of carbonyl (C=O) groups is 1. The number of benzene rings is 1. The molecule has 0 saturated carbocycles. The summed E-state index contributed by atoms with van der Waals surface area (Å²) in [5.41, 5.74) is 0.815. The molecule has 3 aromatic rings. The molecule has 0 radical (unpaired) electrons. The molecule has 0 aliphatic heterocycles. The zero-order chi connectivity index (χ0) is 20.5. The molecule has 3 rings (SSSR count). The van der Waals surface area contributed by atoms with E-state index in [9.17, 15) is 18.0 Å². The second-order valence-electron chi connectivity index (χ2n) is 5.88. The summed E-state index contributed by atoms with van der Waals surface area (Å²) in [5.74, 6) is 0.323. The summed E-state index contributed by atoms with van der Waals surface area (Å²) < 4.78 is 40.2. The highest BCUT2D eigenvalue weighted by atomic mass is 35.5. The Kier molecular flexibility index (Phi) is 5.23. The third kappa shape index (κ3) is 4.39. The van der Waals surface area contributed by atoms with E-state index in [4.69, 9.17) is 11.6 Å². The minimum atomic E-state index is -4.63. The van der Waals surface area contributed by atoms with Crippen LogP contribution < -0.4 is 10.6 Å². The Balaban J connectivity index is 1.69. The summed E-state index contributed by atoms with van der Waals surface area (Å²) in [5, 5.41) is 8.55. The number of carbonyl (C=O) groups excluding carboxylic acids is 1. The van der Waals surface area contributed by atoms with Gasteiger partial charge in [-0.3, -0.25) is 0 Å². The number of urea groups is 1. The summed E-state index contributed by atoms with van der Waals surface area (Å²) in [6.07, 6.45) is -1.90. The average Bonchev–Trinajstić information content (AvgIpc) is 2.94. The molecule has 2 N–H and O–H groups in total. The lowest BCUT2D eigenvalue weighted by atomic mass is 10.2. The van der Waals surface area contributed by atoms with E-state index in [2.05, 4.69) is 25.7 Å². The van der Waals surface area contributed by atoms with Crippen LogP contribution in [0.4, 0.5) is 29.3 Å². The van der Waals surface area contributed by atoms with Gasteiger partial charge in [0.1, 0.15) is 0 Å². The first-order valence-electron chi connectivity index (χ1n) is 7.94. The fourth-order valence-electron chi connectivity index (χ4n) is 2.44. The summed E-state index contributed by atoms with van der Waals surface area (Å²) in [6.45, 7) is 3.69. The molecule has 1 aromatic carbocycles. The molecule has 2 aromatic heterocycles. The van der Waals surface area contributed by atoms with Crippen LogP contribution in [0.5, 0.6) is 0 Å².